The van der Waals surface area contributed by atoms with E-state index in [9.17, 15) is 13.2 Å². The zero-order chi connectivity index (χ0) is 21.1. The summed E-state index contributed by atoms with van der Waals surface area (Å²) < 4.78 is 29.5. The number of furan rings is 1. The van der Waals surface area contributed by atoms with Gasteiger partial charge in [-0.2, -0.15) is 0 Å². The van der Waals surface area contributed by atoms with Crippen LogP contribution in [0.3, 0.4) is 0 Å². The molecule has 0 unspecified atom stereocenters. The summed E-state index contributed by atoms with van der Waals surface area (Å²) in [6.45, 7) is 3.62. The van der Waals surface area contributed by atoms with Crippen LogP contribution < -0.4 is 5.32 Å². The molecule has 4 rings (SSSR count). The van der Waals surface area contributed by atoms with Crippen molar-refractivity contribution in [3.8, 4) is 0 Å². The lowest BCUT2D eigenvalue weighted by molar-refractivity contribution is 0.0924. The lowest BCUT2D eigenvalue weighted by atomic mass is 10.1. The molecule has 1 fully saturated rings. The van der Waals surface area contributed by atoms with E-state index in [4.69, 9.17) is 4.42 Å². The van der Waals surface area contributed by atoms with Crippen LogP contribution in [0.25, 0.3) is 11.0 Å². The van der Waals surface area contributed by atoms with Crippen molar-refractivity contribution in [2.75, 3.05) is 19.3 Å². The van der Waals surface area contributed by atoms with Crippen molar-refractivity contribution in [1.29, 1.82) is 0 Å². The van der Waals surface area contributed by atoms with E-state index < -0.39 is 15.7 Å². The molecule has 1 aliphatic heterocycles. The Labute approximate surface area is 176 Å². The molecule has 7 heteroatoms. The number of amides is 1. The highest BCUT2D eigenvalue weighted by molar-refractivity contribution is 7.89. The van der Waals surface area contributed by atoms with Crippen LogP contribution >= 0.6 is 0 Å². The Balaban J connectivity index is 1.46. The predicted octanol–water partition coefficient (Wildman–Crippen LogP) is 3.50. The first kappa shape index (κ1) is 20.6. The fourth-order valence-corrected chi connectivity index (χ4v) is 4.72. The van der Waals surface area contributed by atoms with E-state index in [0.29, 0.717) is 23.1 Å². The molecule has 0 bridgehead atoms. The van der Waals surface area contributed by atoms with Gasteiger partial charge in [-0.15, -0.1) is 0 Å². The Morgan fingerprint density at radius 3 is 2.40 bits per heavy atom. The van der Waals surface area contributed by atoms with Crippen LogP contribution in [0.15, 0.2) is 52.9 Å². The van der Waals surface area contributed by atoms with Crippen LogP contribution in [0.1, 0.15) is 40.1 Å². The smallest absolute Gasteiger partial charge is 0.287 e. The first-order valence-corrected chi connectivity index (χ1v) is 12.2. The number of benzene rings is 2. The first-order valence-electron chi connectivity index (χ1n) is 10.2. The number of rotatable bonds is 7. The summed E-state index contributed by atoms with van der Waals surface area (Å²) in [6.07, 6.45) is 3.70. The quantitative estimate of drug-likeness (QED) is 0.625. The molecule has 158 valence electrons. The molecule has 1 amide bonds. The summed E-state index contributed by atoms with van der Waals surface area (Å²) in [4.78, 5) is 15.2. The number of nitrogens with zero attached hydrogens (tertiary/aromatic N) is 1. The number of sulfone groups is 1. The van der Waals surface area contributed by atoms with Gasteiger partial charge >= 0.3 is 0 Å². The Bertz CT molecular complexity index is 1140. The largest absolute Gasteiger partial charge is 0.451 e. The van der Waals surface area contributed by atoms with E-state index in [-0.39, 0.29) is 11.5 Å². The second-order valence-corrected chi connectivity index (χ2v) is 10.1. The molecule has 0 radical (unpaired) electrons. The van der Waals surface area contributed by atoms with Crippen molar-refractivity contribution < 1.29 is 17.6 Å². The minimum absolute atomic E-state index is 0.0623. The highest BCUT2D eigenvalue weighted by Crippen LogP contribution is 2.27. The highest BCUT2D eigenvalue weighted by atomic mass is 32.2. The molecule has 3 aromatic rings. The number of hydrogen-bond acceptors (Lipinski definition) is 5. The van der Waals surface area contributed by atoms with Crippen molar-refractivity contribution in [3.63, 3.8) is 0 Å². The molecule has 0 saturated carbocycles. The fraction of sp³-hybridized carbons (Fsp3) is 0.348. The van der Waals surface area contributed by atoms with Gasteiger partial charge in [-0.1, -0.05) is 42.5 Å². The maximum atomic E-state index is 12.8. The van der Waals surface area contributed by atoms with Gasteiger partial charge in [-0.25, -0.2) is 8.42 Å². The van der Waals surface area contributed by atoms with Gasteiger partial charge in [0, 0.05) is 30.3 Å². The topological polar surface area (TPSA) is 79.6 Å². The molecule has 1 aromatic heterocycles. The number of fused-ring (bicyclic) bond motifs is 1. The second kappa shape index (κ2) is 8.62. The third kappa shape index (κ3) is 4.91. The average molecular weight is 427 g/mol. The van der Waals surface area contributed by atoms with Crippen molar-refractivity contribution in [2.24, 2.45) is 0 Å². The molecule has 1 saturated heterocycles. The average Bonchev–Trinajstić information content (AvgIpc) is 3.34. The minimum Gasteiger partial charge on any atom is -0.451 e. The molecule has 2 heterocycles. The minimum atomic E-state index is -3.32. The lowest BCUT2D eigenvalue weighted by Gasteiger charge is -2.14. The van der Waals surface area contributed by atoms with Crippen LogP contribution in [0.2, 0.25) is 0 Å². The van der Waals surface area contributed by atoms with Crippen LogP contribution in [0.4, 0.5) is 0 Å². The molecule has 0 aliphatic carbocycles. The van der Waals surface area contributed by atoms with E-state index >= 15 is 0 Å². The van der Waals surface area contributed by atoms with Crippen LogP contribution in [-0.4, -0.2) is 38.6 Å². The third-order valence-corrected chi connectivity index (χ3v) is 6.21. The van der Waals surface area contributed by atoms with Crippen LogP contribution in [0.5, 0.6) is 0 Å². The van der Waals surface area contributed by atoms with E-state index in [1.165, 1.54) is 18.4 Å². The molecule has 0 atom stereocenters. The number of carbonyl (C=O) groups is 1. The summed E-state index contributed by atoms with van der Waals surface area (Å²) in [5, 5.41) is 3.51. The van der Waals surface area contributed by atoms with E-state index in [1.54, 1.807) is 24.3 Å². The van der Waals surface area contributed by atoms with Crippen molar-refractivity contribution in [2.45, 2.75) is 31.7 Å². The van der Waals surface area contributed by atoms with Gasteiger partial charge in [0.1, 0.15) is 5.58 Å². The second-order valence-electron chi connectivity index (χ2n) is 7.96. The Kier molecular flexibility index (Phi) is 5.92. The third-order valence-electron chi connectivity index (χ3n) is 5.39. The number of likely N-dealkylation sites (tertiary alicyclic amines) is 1. The number of para-hydroxylation sites is 1. The molecule has 1 aliphatic rings. The van der Waals surface area contributed by atoms with Crippen LogP contribution in [0, 0.1) is 0 Å². The summed E-state index contributed by atoms with van der Waals surface area (Å²) in [6, 6.07) is 15.3. The molecule has 1 N–H and O–H groups in total. The standard InChI is InChI=1S/C23H26N2O4S/c1-30(27,28)16-20-19-6-2-3-7-21(19)29-22(20)23(26)24-14-17-8-10-18(11-9-17)15-25-12-4-5-13-25/h2-3,6-11H,4-5,12-16H2,1H3,(H,24,26). The first-order chi connectivity index (χ1) is 14.4. The summed E-state index contributed by atoms with van der Waals surface area (Å²) in [7, 11) is -3.32. The van der Waals surface area contributed by atoms with Crippen molar-refractivity contribution in [3.05, 3.63) is 71.0 Å². The fourth-order valence-electron chi connectivity index (χ4n) is 3.91. The van der Waals surface area contributed by atoms with Gasteiger partial charge in [0.05, 0.1) is 5.75 Å². The normalized spacial score (nSPS) is 15.0. The summed E-state index contributed by atoms with van der Waals surface area (Å²) in [5.41, 5.74) is 3.16. The molecule has 2 aromatic carbocycles. The molecular weight excluding hydrogens is 400 g/mol. The van der Waals surface area contributed by atoms with E-state index in [2.05, 4.69) is 22.3 Å². The Hall–Kier alpha value is -2.64. The van der Waals surface area contributed by atoms with Gasteiger partial charge in [-0.3, -0.25) is 9.69 Å². The zero-order valence-electron chi connectivity index (χ0n) is 17.1. The summed E-state index contributed by atoms with van der Waals surface area (Å²) in [5.74, 6) is -0.587. The molecule has 30 heavy (non-hydrogen) atoms. The molecule has 0 spiro atoms. The maximum Gasteiger partial charge on any atom is 0.287 e. The Morgan fingerprint density at radius 2 is 1.70 bits per heavy atom. The van der Waals surface area contributed by atoms with Gasteiger partial charge < -0.3 is 9.73 Å². The van der Waals surface area contributed by atoms with Crippen molar-refractivity contribution >= 4 is 26.7 Å². The predicted molar refractivity (Wildman–Crippen MR) is 117 cm³/mol. The van der Waals surface area contributed by atoms with Crippen molar-refractivity contribution in [1.82, 2.24) is 10.2 Å². The number of nitrogens with one attached hydrogen (secondary N) is 1. The van der Waals surface area contributed by atoms with Crippen LogP contribution in [-0.2, 0) is 28.7 Å². The van der Waals surface area contributed by atoms with Gasteiger partial charge in [0.15, 0.2) is 15.6 Å². The van der Waals surface area contributed by atoms with Gasteiger partial charge in [0.2, 0.25) is 0 Å². The van der Waals surface area contributed by atoms with E-state index in [0.717, 1.165) is 31.5 Å². The SMILES string of the molecule is CS(=O)(=O)Cc1c(C(=O)NCc2ccc(CN3CCCC3)cc2)oc2ccccc12. The lowest BCUT2D eigenvalue weighted by Crippen LogP contribution is -2.24. The maximum absolute atomic E-state index is 12.8. The number of hydrogen-bond donors (Lipinski definition) is 1. The van der Waals surface area contributed by atoms with Gasteiger partial charge in [-0.05, 0) is 43.1 Å². The Morgan fingerprint density at radius 1 is 1.03 bits per heavy atom. The number of carbonyl (C=O) groups excluding carboxylic acids is 1. The molecule has 6 nitrogen and oxygen atoms in total. The molecular formula is C23H26N2O4S. The highest BCUT2D eigenvalue weighted by Gasteiger charge is 2.23. The van der Waals surface area contributed by atoms with Gasteiger partial charge in [0.25, 0.3) is 5.91 Å². The monoisotopic (exact) mass is 426 g/mol. The summed E-state index contributed by atoms with van der Waals surface area (Å²) >= 11 is 0. The zero-order valence-corrected chi connectivity index (χ0v) is 17.9. The van der Waals surface area contributed by atoms with E-state index in [1.807, 2.05) is 12.1 Å².